The Labute approximate surface area is 199 Å². The van der Waals surface area contributed by atoms with Gasteiger partial charge in [0.2, 0.25) is 5.95 Å². The third-order valence-corrected chi connectivity index (χ3v) is 5.99. The second-order valence-electron chi connectivity index (χ2n) is 7.80. The van der Waals surface area contributed by atoms with Crippen molar-refractivity contribution in [3.63, 3.8) is 0 Å². The summed E-state index contributed by atoms with van der Waals surface area (Å²) in [5, 5.41) is 23.6. The summed E-state index contributed by atoms with van der Waals surface area (Å²) in [7, 11) is 0. The van der Waals surface area contributed by atoms with Crippen LogP contribution in [0.15, 0.2) is 41.2 Å². The topological polar surface area (TPSA) is 122 Å². The molecule has 1 aromatic carbocycles. The number of hydrogen-bond acceptors (Lipinski definition) is 9. The Kier molecular flexibility index (Phi) is 6.36. The molecule has 5 rings (SSSR count). The van der Waals surface area contributed by atoms with Crippen molar-refractivity contribution in [1.29, 1.82) is 0 Å². The van der Waals surface area contributed by atoms with E-state index >= 15 is 0 Å². The Balaban J connectivity index is 1.15. The highest BCUT2D eigenvalue weighted by atomic mass is 35.5. The predicted molar refractivity (Wildman–Crippen MR) is 125 cm³/mol. The molecule has 1 saturated heterocycles. The van der Waals surface area contributed by atoms with Crippen LogP contribution in [-0.4, -0.2) is 55.2 Å². The lowest BCUT2D eigenvalue weighted by Gasteiger charge is -2.29. The highest BCUT2D eigenvalue weighted by Gasteiger charge is 2.25. The molecule has 0 spiro atoms. The molecule has 4 heterocycles. The van der Waals surface area contributed by atoms with Crippen molar-refractivity contribution in [1.82, 2.24) is 35.6 Å². The van der Waals surface area contributed by atoms with Gasteiger partial charge in [-0.25, -0.2) is 9.97 Å². The minimum atomic E-state index is 0.392. The van der Waals surface area contributed by atoms with E-state index < -0.39 is 0 Å². The second-order valence-corrected chi connectivity index (χ2v) is 8.67. The molecule has 10 nitrogen and oxygen atoms in total. The van der Waals surface area contributed by atoms with E-state index in [1.807, 2.05) is 12.1 Å². The first-order chi connectivity index (χ1) is 16.1. The first-order valence-corrected chi connectivity index (χ1v) is 11.3. The number of rotatable bonds is 7. The molecule has 1 fully saturated rings. The summed E-state index contributed by atoms with van der Waals surface area (Å²) in [6.45, 7) is 2.28. The molecule has 0 saturated carbocycles. The van der Waals surface area contributed by atoms with Crippen LogP contribution in [0.5, 0.6) is 0 Å². The van der Waals surface area contributed by atoms with Gasteiger partial charge in [-0.2, -0.15) is 15.4 Å². The van der Waals surface area contributed by atoms with Crippen molar-refractivity contribution in [3.8, 4) is 11.5 Å². The Bertz CT molecular complexity index is 1170. The van der Waals surface area contributed by atoms with E-state index in [0.717, 1.165) is 43.6 Å². The number of H-pyrrole nitrogens is 1. The number of nitrogens with one attached hydrogen (secondary N) is 2. The summed E-state index contributed by atoms with van der Waals surface area (Å²) in [4.78, 5) is 10.8. The van der Waals surface area contributed by atoms with Gasteiger partial charge in [0.25, 0.3) is 5.89 Å². The standard InChI is InChI=1S/C21H21Cl2N9O/c22-16-7-13(8-17(23)9-16)1-4-24-20-25-10-15(11-26-20)19-29-30-21(33-19)32-5-2-14(3-6-32)18-12-27-31-28-18/h7-12,14H,1-6H2,(H,24,25,26)(H,27,28,31). The van der Waals surface area contributed by atoms with E-state index in [-0.39, 0.29) is 0 Å². The number of aromatic nitrogens is 7. The van der Waals surface area contributed by atoms with Gasteiger partial charge < -0.3 is 14.6 Å². The van der Waals surface area contributed by atoms with Crippen LogP contribution in [-0.2, 0) is 6.42 Å². The Morgan fingerprint density at radius 3 is 2.48 bits per heavy atom. The smallest absolute Gasteiger partial charge is 0.318 e. The van der Waals surface area contributed by atoms with Crippen LogP contribution in [0.4, 0.5) is 12.0 Å². The number of halogens is 2. The van der Waals surface area contributed by atoms with Crippen molar-refractivity contribution >= 4 is 35.2 Å². The third-order valence-electron chi connectivity index (χ3n) is 5.55. The molecule has 33 heavy (non-hydrogen) atoms. The summed E-state index contributed by atoms with van der Waals surface area (Å²) in [5.41, 5.74) is 2.71. The van der Waals surface area contributed by atoms with Gasteiger partial charge in [-0.1, -0.05) is 28.3 Å². The average molecular weight is 486 g/mol. The summed E-state index contributed by atoms with van der Waals surface area (Å²) < 4.78 is 5.88. The number of aromatic amines is 1. The van der Waals surface area contributed by atoms with Crippen molar-refractivity contribution < 1.29 is 4.42 Å². The summed E-state index contributed by atoms with van der Waals surface area (Å²) in [6, 6.07) is 6.00. The summed E-state index contributed by atoms with van der Waals surface area (Å²) in [6.07, 6.45) is 7.77. The maximum absolute atomic E-state index is 6.04. The van der Waals surface area contributed by atoms with Crippen LogP contribution < -0.4 is 10.2 Å². The molecular weight excluding hydrogens is 465 g/mol. The Hall–Kier alpha value is -3.24. The van der Waals surface area contributed by atoms with Gasteiger partial charge in [0, 0.05) is 48.0 Å². The zero-order valence-electron chi connectivity index (χ0n) is 17.6. The molecule has 170 valence electrons. The highest BCUT2D eigenvalue weighted by molar-refractivity contribution is 6.34. The van der Waals surface area contributed by atoms with Gasteiger partial charge in [-0.3, -0.25) is 0 Å². The van der Waals surface area contributed by atoms with Gasteiger partial charge in [0.1, 0.15) is 0 Å². The fourth-order valence-corrected chi connectivity index (χ4v) is 4.41. The monoisotopic (exact) mass is 485 g/mol. The van der Waals surface area contributed by atoms with Gasteiger partial charge in [0.05, 0.1) is 17.5 Å². The first kappa shape index (κ1) is 21.6. The average Bonchev–Trinajstić information content (AvgIpc) is 3.52. The van der Waals surface area contributed by atoms with Crippen LogP contribution >= 0.6 is 23.2 Å². The van der Waals surface area contributed by atoms with E-state index in [1.165, 1.54) is 0 Å². The molecule has 1 aliphatic rings. The molecule has 0 radical (unpaired) electrons. The highest BCUT2D eigenvalue weighted by Crippen LogP contribution is 2.29. The quantitative estimate of drug-likeness (QED) is 0.399. The van der Waals surface area contributed by atoms with Crippen molar-refractivity contribution in [2.24, 2.45) is 0 Å². The van der Waals surface area contributed by atoms with E-state index in [9.17, 15) is 0 Å². The van der Waals surface area contributed by atoms with Gasteiger partial charge in [-0.15, -0.1) is 5.10 Å². The predicted octanol–water partition coefficient (Wildman–Crippen LogP) is 3.99. The molecule has 0 amide bonds. The maximum atomic E-state index is 6.04. The molecule has 2 N–H and O–H groups in total. The van der Waals surface area contributed by atoms with E-state index in [4.69, 9.17) is 27.6 Å². The molecular formula is C21H21Cl2N9O. The summed E-state index contributed by atoms with van der Waals surface area (Å²) in [5.74, 6) is 1.30. The molecule has 12 heteroatoms. The molecule has 3 aromatic heterocycles. The number of benzene rings is 1. The van der Waals surface area contributed by atoms with Gasteiger partial charge in [0.15, 0.2) is 0 Å². The third kappa shape index (κ3) is 5.23. The van der Waals surface area contributed by atoms with E-state index in [1.54, 1.807) is 24.7 Å². The minimum Gasteiger partial charge on any atom is -0.403 e. The zero-order chi connectivity index (χ0) is 22.6. The Morgan fingerprint density at radius 2 is 1.79 bits per heavy atom. The second kappa shape index (κ2) is 9.72. The minimum absolute atomic E-state index is 0.392. The Morgan fingerprint density at radius 1 is 1.03 bits per heavy atom. The SMILES string of the molecule is Clc1cc(Cl)cc(CCNc2ncc(-c3nnc(N4CCC(c5cn[nH]n5)CC4)o3)cn2)c1. The maximum Gasteiger partial charge on any atom is 0.318 e. The van der Waals surface area contributed by atoms with Crippen molar-refractivity contribution in [3.05, 3.63) is 58.1 Å². The fraction of sp³-hybridized carbons (Fsp3) is 0.333. The van der Waals surface area contributed by atoms with Crippen LogP contribution in [0.2, 0.25) is 10.0 Å². The number of hydrogen-bond donors (Lipinski definition) is 2. The normalized spacial score (nSPS) is 14.5. The van der Waals surface area contributed by atoms with Crippen molar-refractivity contribution in [2.75, 3.05) is 29.9 Å². The van der Waals surface area contributed by atoms with Gasteiger partial charge >= 0.3 is 6.01 Å². The summed E-state index contributed by atoms with van der Waals surface area (Å²) >= 11 is 12.1. The molecule has 0 bridgehead atoms. The number of anilines is 2. The first-order valence-electron chi connectivity index (χ1n) is 10.6. The lowest BCUT2D eigenvalue weighted by Crippen LogP contribution is -2.33. The largest absolute Gasteiger partial charge is 0.403 e. The van der Waals surface area contributed by atoms with Gasteiger partial charge in [-0.05, 0) is 43.0 Å². The lowest BCUT2D eigenvalue weighted by molar-refractivity contribution is 0.456. The van der Waals surface area contributed by atoms with Crippen LogP contribution in [0.25, 0.3) is 11.5 Å². The number of piperidine rings is 1. The van der Waals surface area contributed by atoms with Crippen LogP contribution in [0.3, 0.4) is 0 Å². The molecule has 4 aromatic rings. The molecule has 0 aliphatic carbocycles. The molecule has 1 aliphatic heterocycles. The van der Waals surface area contributed by atoms with E-state index in [0.29, 0.717) is 45.9 Å². The van der Waals surface area contributed by atoms with Crippen LogP contribution in [0.1, 0.15) is 30.0 Å². The lowest BCUT2D eigenvalue weighted by atomic mass is 9.94. The van der Waals surface area contributed by atoms with Crippen molar-refractivity contribution in [2.45, 2.75) is 25.2 Å². The zero-order valence-corrected chi connectivity index (χ0v) is 19.1. The molecule has 0 unspecified atom stereocenters. The fourth-order valence-electron chi connectivity index (χ4n) is 3.84. The number of nitrogens with zero attached hydrogens (tertiary/aromatic N) is 7. The van der Waals surface area contributed by atoms with Crippen LogP contribution in [0, 0.1) is 0 Å². The van der Waals surface area contributed by atoms with E-state index in [2.05, 4.69) is 45.8 Å². The molecule has 0 atom stereocenters.